The van der Waals surface area contributed by atoms with Crippen molar-refractivity contribution in [2.45, 2.75) is 367 Å². The predicted molar refractivity (Wildman–Crippen MR) is 427 cm³/mol. The van der Waals surface area contributed by atoms with Crippen molar-refractivity contribution in [3.05, 3.63) is 109 Å². The number of aliphatic hydroxyl groups excluding tert-OH is 1. The molecule has 0 radical (unpaired) electrons. The molecular formula is C85H148O17P2. The molecule has 0 amide bonds. The van der Waals surface area contributed by atoms with Crippen molar-refractivity contribution in [1.29, 1.82) is 0 Å². The Morgan fingerprint density at radius 3 is 0.837 bits per heavy atom. The number of esters is 4. The third kappa shape index (κ3) is 75.9. The molecule has 0 rings (SSSR count). The summed E-state index contributed by atoms with van der Waals surface area (Å²) in [6, 6.07) is 0. The Bertz CT molecular complexity index is 2390. The van der Waals surface area contributed by atoms with Crippen molar-refractivity contribution < 1.29 is 80.2 Å². The Morgan fingerprint density at radius 2 is 0.519 bits per heavy atom. The van der Waals surface area contributed by atoms with Crippen LogP contribution in [0.3, 0.4) is 0 Å². The van der Waals surface area contributed by atoms with Crippen LogP contribution in [0, 0.1) is 0 Å². The van der Waals surface area contributed by atoms with E-state index in [1.807, 2.05) is 18.2 Å². The zero-order chi connectivity index (χ0) is 76.0. The molecule has 0 aromatic heterocycles. The number of hydrogen-bond donors (Lipinski definition) is 3. The molecule has 600 valence electrons. The summed E-state index contributed by atoms with van der Waals surface area (Å²) >= 11 is 0. The van der Waals surface area contributed by atoms with Gasteiger partial charge in [-0.15, -0.1) is 0 Å². The average molecular weight is 1500 g/mol. The number of aliphatic hydroxyl groups is 1. The summed E-state index contributed by atoms with van der Waals surface area (Å²) in [4.78, 5) is 73.0. The highest BCUT2D eigenvalue weighted by molar-refractivity contribution is 7.47. The summed E-state index contributed by atoms with van der Waals surface area (Å²) in [6.07, 6.45) is 83.6. The number of carbonyl (C=O) groups is 4. The summed E-state index contributed by atoms with van der Waals surface area (Å²) in [5, 5.41) is 10.6. The van der Waals surface area contributed by atoms with Crippen LogP contribution < -0.4 is 0 Å². The first-order chi connectivity index (χ1) is 50.7. The molecule has 0 saturated heterocycles. The lowest BCUT2D eigenvalue weighted by molar-refractivity contribution is -0.161. The van der Waals surface area contributed by atoms with Crippen LogP contribution in [0.25, 0.3) is 0 Å². The molecule has 0 heterocycles. The molecule has 17 nitrogen and oxygen atoms in total. The largest absolute Gasteiger partial charge is 0.472 e. The first kappa shape index (κ1) is 99.7. The Morgan fingerprint density at radius 1 is 0.279 bits per heavy atom. The molecule has 3 N–H and O–H groups in total. The lowest BCUT2D eigenvalue weighted by atomic mass is 10.1. The van der Waals surface area contributed by atoms with Gasteiger partial charge < -0.3 is 33.8 Å². The number of carbonyl (C=O) groups excluding carboxylic acids is 4. The summed E-state index contributed by atoms with van der Waals surface area (Å²) in [6.45, 7) is 4.67. The molecule has 104 heavy (non-hydrogen) atoms. The normalized spacial score (nSPS) is 14.4. The van der Waals surface area contributed by atoms with Gasteiger partial charge in [-0.3, -0.25) is 37.3 Å². The fourth-order valence-electron chi connectivity index (χ4n) is 10.9. The van der Waals surface area contributed by atoms with Crippen LogP contribution >= 0.6 is 15.6 Å². The van der Waals surface area contributed by atoms with Crippen molar-refractivity contribution in [3.63, 3.8) is 0 Å². The van der Waals surface area contributed by atoms with Gasteiger partial charge >= 0.3 is 39.5 Å². The van der Waals surface area contributed by atoms with E-state index in [1.165, 1.54) is 103 Å². The van der Waals surface area contributed by atoms with Gasteiger partial charge in [0.05, 0.1) is 26.4 Å². The first-order valence-corrected chi connectivity index (χ1v) is 44.1. The second kappa shape index (κ2) is 76.9. The summed E-state index contributed by atoms with van der Waals surface area (Å²) < 4.78 is 68.6. The van der Waals surface area contributed by atoms with E-state index < -0.39 is 97.5 Å². The molecule has 0 saturated carbocycles. The summed E-state index contributed by atoms with van der Waals surface area (Å²) in [7, 11) is -9.99. The van der Waals surface area contributed by atoms with E-state index >= 15 is 0 Å². The topological polar surface area (TPSA) is 237 Å². The minimum atomic E-state index is -5.00. The number of ether oxygens (including phenoxy) is 4. The van der Waals surface area contributed by atoms with Gasteiger partial charge in [0.1, 0.15) is 19.3 Å². The first-order valence-electron chi connectivity index (χ1n) is 41.1. The molecule has 0 fully saturated rings. The van der Waals surface area contributed by atoms with Crippen LogP contribution in [0.4, 0.5) is 0 Å². The van der Waals surface area contributed by atoms with Gasteiger partial charge in [-0.1, -0.05) is 291 Å². The summed E-state index contributed by atoms with van der Waals surface area (Å²) in [5.74, 6) is -2.28. The van der Waals surface area contributed by atoms with Gasteiger partial charge in [0.2, 0.25) is 0 Å². The maximum Gasteiger partial charge on any atom is 0.472 e. The third-order valence-corrected chi connectivity index (χ3v) is 19.1. The fraction of sp³-hybridized carbons (Fsp3) is 0.741. The molecule has 0 aromatic rings. The standard InChI is InChI=1S/C85H148O17P2/c1-5-9-13-17-21-25-29-33-37-38-39-40-44-48-52-56-60-64-68-72-85(90)102-81(76-96-83(88)70-66-62-58-54-50-46-42-35-31-27-23-19-15-11-7-3)78-100-104(93,94)98-74-79(86)73-97-103(91,92)99-77-80(101-84(89)71-67-63-59-55-51-47-43-36-32-28-24-20-16-12-8-4)75-95-82(87)69-65-61-57-53-49-45-41-34-30-26-22-18-14-10-6-2/h9,13,21,25,28,32-35,37,39-42,48,52,60,64,79-81,86H,5-8,10-12,14-20,22-24,26-27,29-31,36,38,43-47,49-51,53-59,61-63,65-78H2,1-4H3,(H,91,92)(H,93,94)/b13-9-,25-21-,32-28-,37-33-,40-39-,41-34-,42-35-,52-48-,64-60-/t79-,80+,81+/m0/s1. The van der Waals surface area contributed by atoms with Crippen LogP contribution in [-0.4, -0.2) is 96.7 Å². The Balaban J connectivity index is 5.44. The molecule has 0 aliphatic rings. The Kier molecular flexibility index (Phi) is 73.7. The van der Waals surface area contributed by atoms with E-state index in [2.05, 4.69) is 119 Å². The smallest absolute Gasteiger partial charge is 0.462 e. The zero-order valence-electron chi connectivity index (χ0n) is 65.7. The van der Waals surface area contributed by atoms with Crippen LogP contribution in [0.15, 0.2) is 109 Å². The van der Waals surface area contributed by atoms with Crippen LogP contribution in [0.5, 0.6) is 0 Å². The molecule has 5 atom stereocenters. The average Bonchev–Trinajstić information content (AvgIpc) is 0.943. The minimum absolute atomic E-state index is 0.0324. The predicted octanol–water partition coefficient (Wildman–Crippen LogP) is 24.1. The number of phosphoric ester groups is 2. The van der Waals surface area contributed by atoms with Crippen LogP contribution in [-0.2, 0) is 65.4 Å². The molecule has 0 spiro atoms. The van der Waals surface area contributed by atoms with Gasteiger partial charge in [-0.25, -0.2) is 9.13 Å². The molecule has 19 heteroatoms. The van der Waals surface area contributed by atoms with E-state index in [0.717, 1.165) is 161 Å². The van der Waals surface area contributed by atoms with E-state index in [9.17, 15) is 43.2 Å². The molecule has 0 aliphatic heterocycles. The lowest BCUT2D eigenvalue weighted by Crippen LogP contribution is -2.30. The quantitative estimate of drug-likeness (QED) is 0.0169. The van der Waals surface area contributed by atoms with Gasteiger partial charge in [-0.2, -0.15) is 0 Å². The van der Waals surface area contributed by atoms with Gasteiger partial charge in [0.15, 0.2) is 12.2 Å². The van der Waals surface area contributed by atoms with Gasteiger partial charge in [-0.05, 0) is 141 Å². The number of phosphoric acid groups is 2. The van der Waals surface area contributed by atoms with Crippen molar-refractivity contribution in [1.82, 2.24) is 0 Å². The van der Waals surface area contributed by atoms with E-state index in [-0.39, 0.29) is 25.7 Å². The molecular weight excluding hydrogens is 1350 g/mol. The van der Waals surface area contributed by atoms with Crippen LogP contribution in [0.1, 0.15) is 349 Å². The maximum atomic E-state index is 13.1. The lowest BCUT2D eigenvalue weighted by Gasteiger charge is -2.21. The second-order valence-electron chi connectivity index (χ2n) is 27.3. The van der Waals surface area contributed by atoms with Crippen molar-refractivity contribution >= 4 is 39.5 Å². The number of allylic oxidation sites excluding steroid dienone is 18. The maximum absolute atomic E-state index is 13.1. The molecule has 0 aromatic carbocycles. The highest BCUT2D eigenvalue weighted by Gasteiger charge is 2.30. The highest BCUT2D eigenvalue weighted by atomic mass is 31.2. The minimum Gasteiger partial charge on any atom is -0.462 e. The zero-order valence-corrected chi connectivity index (χ0v) is 67.5. The highest BCUT2D eigenvalue weighted by Crippen LogP contribution is 2.45. The molecule has 2 unspecified atom stereocenters. The number of rotatable bonds is 77. The third-order valence-electron chi connectivity index (χ3n) is 17.2. The van der Waals surface area contributed by atoms with Gasteiger partial charge in [0.25, 0.3) is 0 Å². The van der Waals surface area contributed by atoms with Crippen molar-refractivity contribution in [3.8, 4) is 0 Å². The van der Waals surface area contributed by atoms with E-state index in [0.29, 0.717) is 32.1 Å². The monoisotopic (exact) mass is 1500 g/mol. The van der Waals surface area contributed by atoms with Crippen molar-refractivity contribution in [2.75, 3.05) is 39.6 Å². The molecule has 0 aliphatic carbocycles. The Hall–Kier alpha value is -4.28. The van der Waals surface area contributed by atoms with Gasteiger partial charge in [0, 0.05) is 25.7 Å². The Labute approximate surface area is 632 Å². The summed E-state index contributed by atoms with van der Waals surface area (Å²) in [5.41, 5.74) is 0. The van der Waals surface area contributed by atoms with E-state index in [4.69, 9.17) is 37.0 Å². The SMILES string of the molecule is CC/C=C\C/C=C\C/C=C\C/C=C\C/C=C\C/C=C\CCC(=O)O[C@H](COC(=O)CCCCCCC/C=C\CCCCCCCC)COP(=O)(O)OC[C@@H](O)COP(=O)(O)OC[C@@H](COC(=O)CCCCCCC/C=C\CCCCCCCC)OC(=O)CCCCCCCCC/C=C\CCCCCC. The fourth-order valence-corrected chi connectivity index (χ4v) is 12.5. The van der Waals surface area contributed by atoms with E-state index in [1.54, 1.807) is 0 Å². The number of hydrogen-bond acceptors (Lipinski definition) is 15. The van der Waals surface area contributed by atoms with Crippen molar-refractivity contribution in [2.24, 2.45) is 0 Å². The molecule has 0 bridgehead atoms. The second-order valence-corrected chi connectivity index (χ2v) is 30.2. The number of unbranched alkanes of at least 4 members (excludes halogenated alkanes) is 33. The van der Waals surface area contributed by atoms with Crippen LogP contribution in [0.2, 0.25) is 0 Å².